The van der Waals surface area contributed by atoms with Crippen LogP contribution in [-0.2, 0) is 57.5 Å². The molecule has 26 nitrogen and oxygen atoms in total. The fourth-order valence-electron chi connectivity index (χ4n) is 6.29. The number of carbonyl (C=O) groups is 11. The van der Waals surface area contributed by atoms with Crippen molar-refractivity contribution in [3.05, 3.63) is 11.3 Å². The van der Waals surface area contributed by atoms with Crippen molar-refractivity contribution in [1.82, 2.24) is 42.1 Å². The van der Waals surface area contributed by atoms with E-state index < -0.39 is 125 Å². The number of aliphatic carboxylic acids is 1. The van der Waals surface area contributed by atoms with Crippen LogP contribution in [0.2, 0.25) is 0 Å². The van der Waals surface area contributed by atoms with Gasteiger partial charge in [-0.3, -0.25) is 57.8 Å². The van der Waals surface area contributed by atoms with E-state index in [9.17, 15) is 63.0 Å². The number of amides is 9. The minimum Gasteiger partial charge on any atom is -0.477 e. The van der Waals surface area contributed by atoms with Crippen molar-refractivity contribution in [3.63, 3.8) is 0 Å². The van der Waals surface area contributed by atoms with Crippen LogP contribution in [0.4, 0.5) is 0 Å². The maximum Gasteiger partial charge on any atom is 0.352 e. The topological polar surface area (TPSA) is 415 Å². The molecule has 5 unspecified atom stereocenters. The number of aliphatic hydroxyl groups excluding tert-OH is 1. The molecule has 0 spiro atoms. The smallest absolute Gasteiger partial charge is 0.352 e. The van der Waals surface area contributed by atoms with E-state index in [-0.39, 0.29) is 62.3 Å². The lowest BCUT2D eigenvalue weighted by Crippen LogP contribution is -2.85. The number of β-lactam (4-membered cyclic amide) rings is 1. The van der Waals surface area contributed by atoms with Crippen LogP contribution in [-0.4, -0.2) is 153 Å². The highest BCUT2D eigenvalue weighted by Gasteiger charge is 2.66. The van der Waals surface area contributed by atoms with Gasteiger partial charge in [0.15, 0.2) is 5.96 Å². The summed E-state index contributed by atoms with van der Waals surface area (Å²) in [6, 6.07) is -5.47. The lowest BCUT2D eigenvalue weighted by Gasteiger charge is -2.56. The van der Waals surface area contributed by atoms with Gasteiger partial charge in [-0.1, -0.05) is 0 Å². The summed E-state index contributed by atoms with van der Waals surface area (Å²) in [4.78, 5) is 141. The molecule has 2 heterocycles. The molecule has 0 aromatic rings. The quantitative estimate of drug-likeness (QED) is 0.00732. The number of rotatable bonds is 26. The number of thioether (sulfide) groups is 1. The molecule has 63 heavy (non-hydrogen) atoms. The van der Waals surface area contributed by atoms with Crippen LogP contribution in [0, 0.1) is 0 Å². The van der Waals surface area contributed by atoms with E-state index in [1.54, 1.807) is 0 Å². The average molecular weight is 913 g/mol. The molecule has 0 saturated carbocycles. The summed E-state index contributed by atoms with van der Waals surface area (Å²) >= 11 is 0.936. The van der Waals surface area contributed by atoms with E-state index in [0.717, 1.165) is 16.7 Å². The second-order valence-electron chi connectivity index (χ2n) is 14.6. The van der Waals surface area contributed by atoms with Crippen LogP contribution in [0.3, 0.4) is 0 Å². The van der Waals surface area contributed by atoms with E-state index in [2.05, 4.69) is 42.2 Å². The molecule has 0 aromatic heterocycles. The number of esters is 1. The van der Waals surface area contributed by atoms with E-state index in [4.69, 9.17) is 21.9 Å². The molecule has 1 saturated heterocycles. The average Bonchev–Trinajstić information content (AvgIpc) is 3.18. The highest BCUT2D eigenvalue weighted by atomic mass is 32.2. The minimum absolute atomic E-state index is 0.0142. The fraction of sp³-hybridized carbons (Fsp3) is 0.611. The van der Waals surface area contributed by atoms with Crippen molar-refractivity contribution < 1.29 is 67.7 Å². The number of hydrogen-bond acceptors (Lipinski definition) is 15. The number of primary amides is 1. The zero-order valence-electron chi connectivity index (χ0n) is 35.3. The largest absolute Gasteiger partial charge is 0.477 e. The van der Waals surface area contributed by atoms with Gasteiger partial charge in [0.05, 0.1) is 18.6 Å². The lowest BCUT2D eigenvalue weighted by atomic mass is 9.94. The molecule has 2 aliphatic rings. The summed E-state index contributed by atoms with van der Waals surface area (Å²) in [5, 5.41) is 36.9. The monoisotopic (exact) mass is 912 g/mol. The Labute approximate surface area is 365 Å². The minimum atomic E-state index is -2.06. The predicted octanol–water partition coefficient (Wildman–Crippen LogP) is -5.67. The van der Waals surface area contributed by atoms with Crippen molar-refractivity contribution in [1.29, 1.82) is 0 Å². The number of hydrogen-bond donors (Lipinski definition) is 12. The van der Waals surface area contributed by atoms with Crippen molar-refractivity contribution in [3.8, 4) is 0 Å². The second-order valence-corrected chi connectivity index (χ2v) is 15.7. The maximum absolute atomic E-state index is 13.5. The van der Waals surface area contributed by atoms with E-state index in [1.165, 1.54) is 34.6 Å². The summed E-state index contributed by atoms with van der Waals surface area (Å²) in [5.41, 5.74) is 13.4. The number of aliphatic imine (C=N–C) groups is 1. The first kappa shape index (κ1) is 52.6. The molecule has 350 valence electrons. The van der Waals surface area contributed by atoms with Crippen molar-refractivity contribution in [2.24, 2.45) is 22.2 Å². The normalized spacial score (nSPS) is 19.4. The van der Waals surface area contributed by atoms with E-state index >= 15 is 0 Å². The van der Waals surface area contributed by atoms with Crippen LogP contribution in [0.1, 0.15) is 73.1 Å². The number of nitrogens with two attached hydrogens (primary N) is 3. The molecule has 2 rings (SSSR count). The van der Waals surface area contributed by atoms with Crippen molar-refractivity contribution in [2.45, 2.75) is 120 Å². The number of guanidine groups is 1. The summed E-state index contributed by atoms with van der Waals surface area (Å²) < 4.78 is 5.30. The first-order chi connectivity index (χ1) is 29.4. The third-order valence-electron chi connectivity index (χ3n) is 9.46. The summed E-state index contributed by atoms with van der Waals surface area (Å²) in [6.45, 7) is 5.91. The van der Waals surface area contributed by atoms with Crippen molar-refractivity contribution in [2.75, 3.05) is 18.9 Å². The molecular weight excluding hydrogens is 857 g/mol. The SMILES string of the molecule is CC(=O)NC(CCCC(=O)NC1(NC=O)C(=O)N2C(C(=O)O)=C(COC(=O)CC(O)C(CCCN=C(N)N)NC(=O)[C@H](C)NC(=O)[C@H](C)NC(=O)[C@H](C)NC(C)=O)CSC21)C(N)=O. The van der Waals surface area contributed by atoms with Gasteiger partial charge in [0, 0.05) is 38.1 Å². The van der Waals surface area contributed by atoms with E-state index in [0.29, 0.717) is 0 Å². The highest BCUT2D eigenvalue weighted by molar-refractivity contribution is 8.00. The van der Waals surface area contributed by atoms with Gasteiger partial charge >= 0.3 is 11.9 Å². The number of aliphatic hydroxyl groups is 1. The Balaban J connectivity index is 2.12. The Morgan fingerprint density at radius 2 is 1.46 bits per heavy atom. The Kier molecular flexibility index (Phi) is 20.2. The molecule has 15 N–H and O–H groups in total. The number of carbonyl (C=O) groups excluding carboxylic acids is 10. The zero-order valence-corrected chi connectivity index (χ0v) is 36.1. The Bertz CT molecular complexity index is 1860. The third-order valence-corrected chi connectivity index (χ3v) is 10.9. The van der Waals surface area contributed by atoms with E-state index in [1.807, 2.05) is 0 Å². The van der Waals surface area contributed by atoms with Crippen LogP contribution in [0.15, 0.2) is 16.3 Å². The van der Waals surface area contributed by atoms with Gasteiger partial charge < -0.3 is 69.4 Å². The van der Waals surface area contributed by atoms with Gasteiger partial charge in [-0.05, 0) is 46.5 Å². The standard InChI is InChI=1S/C36H56N12O14S/c1-16(42-19(4)50)29(56)43-17(2)30(57)44-18(3)31(58)46-22(9-7-11-40-35(38)39)24(52)12-26(54)62-13-21-14-63-34-36(41-15-49,33(61)48(34)27(21)32(59)60)47-25(53)10-6-8-23(28(37)55)45-20(5)51/h15-18,22-24,34,52H,6-14H2,1-5H3,(H2,37,55)(H,41,49)(H,42,50)(H,43,56)(H,44,57)(H,45,51)(H,46,58)(H,47,53)(H,59,60)(H4,38,39,40)/t16-,17-,18-,22?,23?,24?,34?,36?/m0/s1. The number of fused-ring (bicyclic) bond motifs is 1. The second kappa shape index (κ2) is 24.2. The van der Waals surface area contributed by atoms with Gasteiger partial charge in [-0.25, -0.2) is 4.79 Å². The first-order valence-electron chi connectivity index (χ1n) is 19.5. The molecule has 9 amide bonds. The molecule has 0 aliphatic carbocycles. The van der Waals surface area contributed by atoms with Gasteiger partial charge in [-0.15, -0.1) is 11.8 Å². The van der Waals surface area contributed by atoms with Crippen LogP contribution >= 0.6 is 11.8 Å². The lowest BCUT2D eigenvalue weighted by molar-refractivity contribution is -0.162. The number of carboxylic acids is 1. The molecule has 1 fully saturated rings. The molecular formula is C36H56N12O14S. The summed E-state index contributed by atoms with van der Waals surface area (Å²) in [6.07, 6.45) is -2.20. The molecule has 0 radical (unpaired) electrons. The van der Waals surface area contributed by atoms with Gasteiger partial charge in [0.1, 0.15) is 41.8 Å². The van der Waals surface area contributed by atoms with Gasteiger partial charge in [-0.2, -0.15) is 0 Å². The van der Waals surface area contributed by atoms with Gasteiger partial charge in [0.25, 0.3) is 5.91 Å². The maximum atomic E-state index is 13.5. The number of nitrogens with zero attached hydrogens (tertiary/aromatic N) is 2. The fourth-order valence-corrected chi connectivity index (χ4v) is 7.70. The predicted molar refractivity (Wildman–Crippen MR) is 220 cm³/mol. The third kappa shape index (κ3) is 15.4. The van der Waals surface area contributed by atoms with Gasteiger partial charge in [0.2, 0.25) is 53.4 Å². The van der Waals surface area contributed by atoms with Crippen LogP contribution in [0.25, 0.3) is 0 Å². The van der Waals surface area contributed by atoms with Crippen molar-refractivity contribution >= 4 is 83.3 Å². The molecule has 8 atom stereocenters. The Morgan fingerprint density at radius 1 is 0.889 bits per heavy atom. The summed E-state index contributed by atoms with van der Waals surface area (Å²) in [5.74, 6) is -8.78. The van der Waals surface area contributed by atoms with Crippen LogP contribution in [0.5, 0.6) is 0 Å². The number of ether oxygens (including phenoxy) is 1. The summed E-state index contributed by atoms with van der Waals surface area (Å²) in [7, 11) is 0. The number of carboxylic acid groups (broad SMARTS) is 1. The molecule has 0 bridgehead atoms. The Morgan fingerprint density at radius 3 is 1.98 bits per heavy atom. The highest BCUT2D eigenvalue weighted by Crippen LogP contribution is 2.45. The number of nitrogens with one attached hydrogen (secondary N) is 7. The molecule has 27 heteroatoms. The molecule has 0 aromatic carbocycles. The molecule has 2 aliphatic heterocycles. The zero-order chi connectivity index (χ0) is 47.8. The Hall–Kier alpha value is -6.51. The first-order valence-corrected chi connectivity index (χ1v) is 20.6. The van der Waals surface area contributed by atoms with Crippen LogP contribution < -0.4 is 54.4 Å².